The molecule has 0 unspecified atom stereocenters. The molecule has 2 saturated heterocycles. The molecule has 0 radical (unpaired) electrons. The number of nitrogens with one attached hydrogen (secondary N) is 1. The maximum atomic E-state index is 12.7. The first-order valence-corrected chi connectivity index (χ1v) is 9.99. The minimum absolute atomic E-state index is 0.0344. The van der Waals surface area contributed by atoms with Crippen molar-refractivity contribution in [2.45, 2.75) is 56.5 Å². The van der Waals surface area contributed by atoms with Crippen LogP contribution in [0.3, 0.4) is 0 Å². The second-order valence-electron chi connectivity index (χ2n) is 6.48. The molecule has 2 aliphatic heterocycles. The largest absolute Gasteiger partial charge is 0.494 e. The summed E-state index contributed by atoms with van der Waals surface area (Å²) in [5.41, 5.74) is 0.848. The van der Waals surface area contributed by atoms with E-state index in [1.165, 1.54) is 12.8 Å². The van der Waals surface area contributed by atoms with Crippen molar-refractivity contribution in [3.8, 4) is 5.75 Å². The Balaban J connectivity index is 1.75. The molecule has 0 aliphatic carbocycles. The molecule has 0 saturated carbocycles. The summed E-state index contributed by atoms with van der Waals surface area (Å²) in [4.78, 5) is 2.76. The average molecular weight is 338 g/mol. The van der Waals surface area contributed by atoms with E-state index in [4.69, 9.17) is 4.74 Å². The molecule has 3 rings (SSSR count). The smallest absolute Gasteiger partial charge is 0.240 e. The predicted molar refractivity (Wildman–Crippen MR) is 90.3 cm³/mol. The molecule has 2 heterocycles. The molecule has 2 atom stereocenters. The second kappa shape index (κ2) is 6.79. The van der Waals surface area contributed by atoms with Crippen LogP contribution < -0.4 is 9.46 Å². The van der Waals surface area contributed by atoms with Crippen molar-refractivity contribution in [1.82, 2.24) is 9.62 Å². The van der Waals surface area contributed by atoms with Gasteiger partial charge in [-0.05, 0) is 63.4 Å². The number of hydrogen-bond acceptors (Lipinski definition) is 4. The van der Waals surface area contributed by atoms with Crippen LogP contribution in [0.15, 0.2) is 23.1 Å². The Morgan fingerprint density at radius 3 is 2.83 bits per heavy atom. The molecule has 0 aromatic heterocycles. The first kappa shape index (κ1) is 16.7. The Morgan fingerprint density at radius 1 is 1.26 bits per heavy atom. The number of benzene rings is 1. The van der Waals surface area contributed by atoms with Crippen LogP contribution in [0.4, 0.5) is 0 Å². The van der Waals surface area contributed by atoms with Crippen molar-refractivity contribution in [3.05, 3.63) is 23.8 Å². The van der Waals surface area contributed by atoms with Gasteiger partial charge < -0.3 is 4.74 Å². The van der Waals surface area contributed by atoms with Gasteiger partial charge in [-0.3, -0.25) is 4.90 Å². The van der Waals surface area contributed by atoms with Crippen molar-refractivity contribution in [2.24, 2.45) is 0 Å². The van der Waals surface area contributed by atoms with Crippen molar-refractivity contribution >= 4 is 10.0 Å². The molecule has 23 heavy (non-hydrogen) atoms. The van der Waals surface area contributed by atoms with Crippen molar-refractivity contribution < 1.29 is 13.2 Å². The summed E-state index contributed by atoms with van der Waals surface area (Å²) in [6.07, 6.45) is 4.42. The van der Waals surface area contributed by atoms with Gasteiger partial charge in [0, 0.05) is 18.6 Å². The van der Waals surface area contributed by atoms with Crippen LogP contribution >= 0.6 is 0 Å². The third-order valence-corrected chi connectivity index (χ3v) is 6.41. The Labute approximate surface area is 139 Å². The zero-order valence-electron chi connectivity index (χ0n) is 13.9. The molecule has 6 heteroatoms. The summed E-state index contributed by atoms with van der Waals surface area (Å²) in [5.74, 6) is 0.741. The first-order valence-electron chi connectivity index (χ1n) is 8.51. The molecule has 1 aromatic rings. The van der Waals surface area contributed by atoms with Gasteiger partial charge in [0.15, 0.2) is 0 Å². The minimum atomic E-state index is -3.48. The number of sulfonamides is 1. The first-order chi connectivity index (χ1) is 11.0. The monoisotopic (exact) mass is 338 g/mol. The molecular formula is C17H26N2O3S. The van der Waals surface area contributed by atoms with Crippen LogP contribution in [0.5, 0.6) is 5.75 Å². The van der Waals surface area contributed by atoms with E-state index in [1.807, 2.05) is 13.8 Å². The van der Waals surface area contributed by atoms with E-state index in [0.717, 1.165) is 37.2 Å². The normalized spacial score (nSPS) is 25.3. The number of piperidine rings is 1. The Kier molecular flexibility index (Phi) is 4.94. The van der Waals surface area contributed by atoms with E-state index in [0.29, 0.717) is 17.5 Å². The molecular weight excluding hydrogens is 312 g/mol. The summed E-state index contributed by atoms with van der Waals surface area (Å²) < 4.78 is 33.9. The van der Waals surface area contributed by atoms with Gasteiger partial charge >= 0.3 is 0 Å². The second-order valence-corrected chi connectivity index (χ2v) is 8.19. The Bertz CT molecular complexity index is 660. The van der Waals surface area contributed by atoms with Gasteiger partial charge in [0.25, 0.3) is 0 Å². The number of ether oxygens (including phenoxy) is 1. The predicted octanol–water partition coefficient (Wildman–Crippen LogP) is 2.30. The van der Waals surface area contributed by atoms with Gasteiger partial charge in [-0.1, -0.05) is 6.42 Å². The minimum Gasteiger partial charge on any atom is -0.494 e. The summed E-state index contributed by atoms with van der Waals surface area (Å²) in [5, 5.41) is 0. The maximum Gasteiger partial charge on any atom is 0.240 e. The van der Waals surface area contributed by atoms with Crippen molar-refractivity contribution in [1.29, 1.82) is 0 Å². The summed E-state index contributed by atoms with van der Waals surface area (Å²) >= 11 is 0. The standard InChI is InChI=1S/C17H26N2O3S/c1-3-22-17-8-7-14(12-13(17)2)23(20,21)18-15-9-11-19-10-5-4-6-16(15)19/h7-8,12,15-16,18H,3-6,9-11H2,1-2H3/t15-,16+/m0/s1. The highest BCUT2D eigenvalue weighted by Crippen LogP contribution is 2.29. The fourth-order valence-corrected chi connectivity index (χ4v) is 5.15. The fraction of sp³-hybridized carbons (Fsp3) is 0.647. The van der Waals surface area contributed by atoms with Crippen LogP contribution in [0, 0.1) is 6.92 Å². The maximum absolute atomic E-state index is 12.7. The van der Waals surface area contributed by atoms with Gasteiger partial charge in [-0.15, -0.1) is 0 Å². The van der Waals surface area contributed by atoms with E-state index < -0.39 is 10.0 Å². The molecule has 2 fully saturated rings. The number of hydrogen-bond donors (Lipinski definition) is 1. The van der Waals surface area contributed by atoms with Gasteiger partial charge in [-0.2, -0.15) is 0 Å². The summed E-state index contributed by atoms with van der Waals surface area (Å²) in [7, 11) is -3.48. The van der Waals surface area contributed by atoms with Crippen LogP contribution in [0.2, 0.25) is 0 Å². The van der Waals surface area contributed by atoms with E-state index >= 15 is 0 Å². The number of nitrogens with zero attached hydrogens (tertiary/aromatic N) is 1. The zero-order chi connectivity index (χ0) is 16.4. The quantitative estimate of drug-likeness (QED) is 0.895. The molecule has 128 valence electrons. The number of aryl methyl sites for hydroxylation is 1. The third-order valence-electron chi connectivity index (χ3n) is 4.92. The zero-order valence-corrected chi connectivity index (χ0v) is 14.7. The lowest BCUT2D eigenvalue weighted by Gasteiger charge is -2.32. The fourth-order valence-electron chi connectivity index (χ4n) is 3.76. The molecule has 2 aliphatic rings. The topological polar surface area (TPSA) is 58.6 Å². The highest BCUT2D eigenvalue weighted by Gasteiger charge is 2.37. The Hall–Kier alpha value is -1.11. The van der Waals surface area contributed by atoms with E-state index in [-0.39, 0.29) is 6.04 Å². The van der Waals surface area contributed by atoms with E-state index in [9.17, 15) is 8.42 Å². The highest BCUT2D eigenvalue weighted by atomic mass is 32.2. The SMILES string of the molecule is CCOc1ccc(S(=O)(=O)N[C@H]2CCN3CCCC[C@H]23)cc1C. The molecule has 0 bridgehead atoms. The molecule has 0 amide bonds. The molecule has 1 aromatic carbocycles. The lowest BCUT2D eigenvalue weighted by atomic mass is 10.00. The molecule has 0 spiro atoms. The van der Waals surface area contributed by atoms with Gasteiger partial charge in [0.1, 0.15) is 5.75 Å². The van der Waals surface area contributed by atoms with Gasteiger partial charge in [0.2, 0.25) is 10.0 Å². The van der Waals surface area contributed by atoms with Crippen LogP contribution in [-0.2, 0) is 10.0 Å². The lowest BCUT2D eigenvalue weighted by molar-refractivity contribution is 0.186. The van der Waals surface area contributed by atoms with E-state index in [1.54, 1.807) is 18.2 Å². The average Bonchev–Trinajstić information content (AvgIpc) is 2.92. The van der Waals surface area contributed by atoms with Gasteiger partial charge in [0.05, 0.1) is 11.5 Å². The Morgan fingerprint density at radius 2 is 2.09 bits per heavy atom. The van der Waals surface area contributed by atoms with Crippen molar-refractivity contribution in [3.63, 3.8) is 0 Å². The lowest BCUT2D eigenvalue weighted by Crippen LogP contribution is -2.46. The third kappa shape index (κ3) is 3.54. The van der Waals surface area contributed by atoms with Gasteiger partial charge in [-0.25, -0.2) is 13.1 Å². The van der Waals surface area contributed by atoms with E-state index in [2.05, 4.69) is 9.62 Å². The van der Waals surface area contributed by atoms with Crippen LogP contribution in [-0.4, -0.2) is 45.1 Å². The highest BCUT2D eigenvalue weighted by molar-refractivity contribution is 7.89. The summed E-state index contributed by atoms with van der Waals surface area (Å²) in [6.45, 7) is 6.47. The summed E-state index contributed by atoms with van der Waals surface area (Å²) in [6, 6.07) is 5.47. The molecule has 1 N–H and O–H groups in total. The number of rotatable bonds is 5. The number of fused-ring (bicyclic) bond motifs is 1. The molecule has 5 nitrogen and oxygen atoms in total. The van der Waals surface area contributed by atoms with Crippen LogP contribution in [0.25, 0.3) is 0 Å². The van der Waals surface area contributed by atoms with Crippen LogP contribution in [0.1, 0.15) is 38.2 Å². The van der Waals surface area contributed by atoms with Crippen molar-refractivity contribution in [2.75, 3.05) is 19.7 Å².